The Balaban J connectivity index is 1.57. The van der Waals surface area contributed by atoms with Gasteiger partial charge in [0.25, 0.3) is 0 Å². The standard InChI is InChI=1S/C19H20N4O3S/c1-25-15-9-7-14(8-10-15)18-21-22-19(27)23(18)13-17(24)20-11-12-26-16-5-3-2-4-6-16/h2-10H,11-13H2,1H3,(H,20,24)(H,22,27). The molecule has 2 N–H and O–H groups in total. The van der Waals surface area contributed by atoms with E-state index < -0.39 is 0 Å². The molecule has 0 atom stereocenters. The lowest BCUT2D eigenvalue weighted by molar-refractivity contribution is -0.121. The van der Waals surface area contributed by atoms with Gasteiger partial charge in [-0.2, -0.15) is 5.10 Å². The number of hydrogen-bond acceptors (Lipinski definition) is 5. The molecule has 0 fully saturated rings. The number of H-pyrrole nitrogens is 1. The number of ether oxygens (including phenoxy) is 2. The lowest BCUT2D eigenvalue weighted by Crippen LogP contribution is -2.31. The van der Waals surface area contributed by atoms with Crippen LogP contribution >= 0.6 is 12.2 Å². The van der Waals surface area contributed by atoms with E-state index >= 15 is 0 Å². The Morgan fingerprint density at radius 3 is 2.59 bits per heavy atom. The van der Waals surface area contributed by atoms with E-state index in [1.807, 2.05) is 54.6 Å². The smallest absolute Gasteiger partial charge is 0.240 e. The van der Waals surface area contributed by atoms with Crippen molar-refractivity contribution in [1.82, 2.24) is 20.1 Å². The van der Waals surface area contributed by atoms with Gasteiger partial charge in [-0.15, -0.1) is 0 Å². The lowest BCUT2D eigenvalue weighted by Gasteiger charge is -2.09. The van der Waals surface area contributed by atoms with Gasteiger partial charge in [-0.05, 0) is 48.6 Å². The van der Waals surface area contributed by atoms with E-state index in [-0.39, 0.29) is 12.5 Å². The molecule has 0 bridgehead atoms. The second-order valence-corrected chi connectivity index (χ2v) is 6.07. The van der Waals surface area contributed by atoms with Crippen molar-refractivity contribution in [3.63, 3.8) is 0 Å². The number of carbonyl (C=O) groups excluding carboxylic acids is 1. The van der Waals surface area contributed by atoms with Crippen molar-refractivity contribution in [2.45, 2.75) is 6.54 Å². The Hall–Kier alpha value is -3.13. The Morgan fingerprint density at radius 2 is 1.89 bits per heavy atom. The van der Waals surface area contributed by atoms with Crippen molar-refractivity contribution < 1.29 is 14.3 Å². The van der Waals surface area contributed by atoms with Crippen LogP contribution in [-0.2, 0) is 11.3 Å². The number of methoxy groups -OCH3 is 1. The van der Waals surface area contributed by atoms with Gasteiger partial charge >= 0.3 is 0 Å². The number of aromatic nitrogens is 3. The zero-order chi connectivity index (χ0) is 19.1. The topological polar surface area (TPSA) is 81.2 Å². The number of benzene rings is 2. The summed E-state index contributed by atoms with van der Waals surface area (Å²) in [5, 5.41) is 9.79. The molecular weight excluding hydrogens is 364 g/mol. The zero-order valence-corrected chi connectivity index (χ0v) is 15.7. The largest absolute Gasteiger partial charge is 0.497 e. The first-order chi connectivity index (χ1) is 13.2. The molecule has 0 spiro atoms. The highest BCUT2D eigenvalue weighted by Gasteiger charge is 2.12. The van der Waals surface area contributed by atoms with Crippen LogP contribution in [0, 0.1) is 4.77 Å². The fourth-order valence-corrected chi connectivity index (χ4v) is 2.70. The van der Waals surface area contributed by atoms with Gasteiger partial charge in [0.2, 0.25) is 5.91 Å². The van der Waals surface area contributed by atoms with Gasteiger partial charge in [0.1, 0.15) is 24.7 Å². The van der Waals surface area contributed by atoms with Crippen LogP contribution in [0.1, 0.15) is 0 Å². The molecule has 0 aliphatic carbocycles. The number of para-hydroxylation sites is 1. The number of hydrogen-bond donors (Lipinski definition) is 2. The van der Waals surface area contributed by atoms with Crippen molar-refractivity contribution in [3.8, 4) is 22.9 Å². The lowest BCUT2D eigenvalue weighted by atomic mass is 10.2. The average Bonchev–Trinajstić information content (AvgIpc) is 3.06. The summed E-state index contributed by atoms with van der Waals surface area (Å²) in [5.74, 6) is 1.94. The monoisotopic (exact) mass is 384 g/mol. The minimum Gasteiger partial charge on any atom is -0.497 e. The summed E-state index contributed by atoms with van der Waals surface area (Å²) in [7, 11) is 1.61. The third-order valence-corrected chi connectivity index (χ3v) is 4.16. The van der Waals surface area contributed by atoms with Gasteiger partial charge in [0, 0.05) is 5.56 Å². The maximum absolute atomic E-state index is 12.3. The molecule has 1 heterocycles. The second kappa shape index (κ2) is 9.00. The molecule has 1 amide bonds. The van der Waals surface area contributed by atoms with Gasteiger partial charge in [0.15, 0.2) is 10.6 Å². The first kappa shape index (κ1) is 18.7. The summed E-state index contributed by atoms with van der Waals surface area (Å²) >= 11 is 5.25. The summed E-state index contributed by atoms with van der Waals surface area (Å²) in [5.41, 5.74) is 0.836. The summed E-state index contributed by atoms with van der Waals surface area (Å²) in [4.78, 5) is 12.3. The number of aromatic amines is 1. The molecule has 0 aliphatic rings. The summed E-state index contributed by atoms with van der Waals surface area (Å²) in [6, 6.07) is 16.9. The van der Waals surface area contributed by atoms with E-state index in [2.05, 4.69) is 15.5 Å². The Kier molecular flexibility index (Phi) is 6.22. The van der Waals surface area contributed by atoms with Crippen molar-refractivity contribution in [2.24, 2.45) is 0 Å². The van der Waals surface area contributed by atoms with Crippen LogP contribution in [0.25, 0.3) is 11.4 Å². The molecule has 2 aromatic carbocycles. The minimum absolute atomic E-state index is 0.0715. The number of nitrogens with zero attached hydrogens (tertiary/aromatic N) is 2. The maximum Gasteiger partial charge on any atom is 0.240 e. The van der Waals surface area contributed by atoms with Crippen LogP contribution in [0.5, 0.6) is 11.5 Å². The molecule has 0 saturated carbocycles. The Labute approximate surface area is 161 Å². The Bertz CT molecular complexity index is 936. The van der Waals surface area contributed by atoms with Crippen molar-refractivity contribution >= 4 is 18.1 Å². The van der Waals surface area contributed by atoms with E-state index in [4.69, 9.17) is 21.7 Å². The number of carbonyl (C=O) groups is 1. The number of amides is 1. The van der Waals surface area contributed by atoms with Crippen LogP contribution in [0.2, 0.25) is 0 Å². The first-order valence-corrected chi connectivity index (χ1v) is 8.82. The minimum atomic E-state index is -0.168. The third kappa shape index (κ3) is 4.95. The average molecular weight is 384 g/mol. The predicted molar refractivity (Wildman–Crippen MR) is 104 cm³/mol. The number of rotatable bonds is 8. The first-order valence-electron chi connectivity index (χ1n) is 8.41. The van der Waals surface area contributed by atoms with Crippen molar-refractivity contribution in [1.29, 1.82) is 0 Å². The van der Waals surface area contributed by atoms with E-state index in [1.165, 1.54) is 0 Å². The van der Waals surface area contributed by atoms with Crippen LogP contribution in [0.3, 0.4) is 0 Å². The van der Waals surface area contributed by atoms with Crippen molar-refractivity contribution in [3.05, 3.63) is 59.4 Å². The van der Waals surface area contributed by atoms with E-state index in [0.29, 0.717) is 23.7 Å². The van der Waals surface area contributed by atoms with Crippen LogP contribution in [-0.4, -0.2) is 40.9 Å². The molecule has 140 valence electrons. The maximum atomic E-state index is 12.3. The van der Waals surface area contributed by atoms with E-state index in [1.54, 1.807) is 11.7 Å². The van der Waals surface area contributed by atoms with Crippen LogP contribution in [0.4, 0.5) is 0 Å². The van der Waals surface area contributed by atoms with E-state index in [0.717, 1.165) is 17.1 Å². The zero-order valence-electron chi connectivity index (χ0n) is 14.8. The summed E-state index contributed by atoms with van der Waals surface area (Å²) < 4.78 is 12.8. The molecule has 0 radical (unpaired) electrons. The molecule has 7 nitrogen and oxygen atoms in total. The third-order valence-electron chi connectivity index (χ3n) is 3.84. The molecule has 27 heavy (non-hydrogen) atoms. The predicted octanol–water partition coefficient (Wildman–Crippen LogP) is 2.81. The second-order valence-electron chi connectivity index (χ2n) is 5.68. The van der Waals surface area contributed by atoms with Gasteiger partial charge < -0.3 is 14.8 Å². The molecule has 3 rings (SSSR count). The Morgan fingerprint density at radius 1 is 1.15 bits per heavy atom. The van der Waals surface area contributed by atoms with Crippen LogP contribution < -0.4 is 14.8 Å². The fourth-order valence-electron chi connectivity index (χ4n) is 2.50. The normalized spacial score (nSPS) is 10.4. The molecule has 3 aromatic rings. The van der Waals surface area contributed by atoms with Gasteiger partial charge in [-0.1, -0.05) is 18.2 Å². The molecule has 8 heteroatoms. The SMILES string of the molecule is COc1ccc(-c2n[nH]c(=S)n2CC(=O)NCCOc2ccccc2)cc1. The highest BCUT2D eigenvalue weighted by Crippen LogP contribution is 2.20. The number of nitrogens with one attached hydrogen (secondary N) is 2. The van der Waals surface area contributed by atoms with Gasteiger partial charge in [0.05, 0.1) is 13.7 Å². The highest BCUT2D eigenvalue weighted by molar-refractivity contribution is 7.71. The van der Waals surface area contributed by atoms with E-state index in [9.17, 15) is 4.79 Å². The highest BCUT2D eigenvalue weighted by atomic mass is 32.1. The van der Waals surface area contributed by atoms with Crippen LogP contribution in [0.15, 0.2) is 54.6 Å². The molecule has 0 aliphatic heterocycles. The molecular formula is C19H20N4O3S. The van der Waals surface area contributed by atoms with Gasteiger partial charge in [-0.25, -0.2) is 0 Å². The van der Waals surface area contributed by atoms with Gasteiger partial charge in [-0.3, -0.25) is 14.5 Å². The quantitative estimate of drug-likeness (QED) is 0.461. The molecule has 1 aromatic heterocycles. The summed E-state index contributed by atoms with van der Waals surface area (Å²) in [6.45, 7) is 0.858. The fraction of sp³-hybridized carbons (Fsp3) is 0.211. The molecule has 0 unspecified atom stereocenters. The summed E-state index contributed by atoms with van der Waals surface area (Å²) in [6.07, 6.45) is 0. The van der Waals surface area contributed by atoms with Crippen molar-refractivity contribution in [2.75, 3.05) is 20.3 Å². The molecule has 0 saturated heterocycles.